The standard InChI is InChI=1S/C18H25NO/c1-17(2,3)15-8-7-12-9-14(10-13(12)11-15)16(20)19-18(4,5)6/h7-8,10-11H,9H2,1-6H3,(H,19,20). The van der Waals surface area contributed by atoms with Gasteiger partial charge in [0.1, 0.15) is 0 Å². The van der Waals surface area contributed by atoms with Gasteiger partial charge in [-0.15, -0.1) is 0 Å². The number of carbonyl (C=O) groups is 1. The highest BCUT2D eigenvalue weighted by molar-refractivity contribution is 6.00. The van der Waals surface area contributed by atoms with E-state index >= 15 is 0 Å². The molecule has 0 spiro atoms. The first-order valence-electron chi connectivity index (χ1n) is 7.23. The van der Waals surface area contributed by atoms with Crippen LogP contribution in [0.2, 0.25) is 0 Å². The van der Waals surface area contributed by atoms with Gasteiger partial charge in [-0.25, -0.2) is 0 Å². The fraction of sp³-hybridized carbons (Fsp3) is 0.500. The molecule has 1 N–H and O–H groups in total. The molecule has 2 nitrogen and oxygen atoms in total. The minimum absolute atomic E-state index is 0.0472. The van der Waals surface area contributed by atoms with Crippen LogP contribution in [0.5, 0.6) is 0 Å². The van der Waals surface area contributed by atoms with E-state index in [2.05, 4.69) is 44.3 Å². The van der Waals surface area contributed by atoms with E-state index in [9.17, 15) is 4.79 Å². The molecule has 1 aliphatic carbocycles. The molecule has 1 aromatic carbocycles. The molecule has 0 fully saturated rings. The topological polar surface area (TPSA) is 29.1 Å². The summed E-state index contributed by atoms with van der Waals surface area (Å²) in [7, 11) is 0. The van der Waals surface area contributed by atoms with E-state index in [-0.39, 0.29) is 16.9 Å². The summed E-state index contributed by atoms with van der Waals surface area (Å²) in [6.07, 6.45) is 2.77. The summed E-state index contributed by atoms with van der Waals surface area (Å²) in [4.78, 5) is 12.2. The van der Waals surface area contributed by atoms with Crippen LogP contribution in [-0.2, 0) is 16.6 Å². The van der Waals surface area contributed by atoms with Crippen molar-refractivity contribution in [1.82, 2.24) is 5.32 Å². The van der Waals surface area contributed by atoms with Gasteiger partial charge in [-0.05, 0) is 49.0 Å². The number of benzene rings is 1. The van der Waals surface area contributed by atoms with E-state index in [1.165, 1.54) is 16.7 Å². The maximum Gasteiger partial charge on any atom is 0.247 e. The quantitative estimate of drug-likeness (QED) is 0.826. The monoisotopic (exact) mass is 271 g/mol. The van der Waals surface area contributed by atoms with Crippen LogP contribution in [0.25, 0.3) is 6.08 Å². The van der Waals surface area contributed by atoms with Gasteiger partial charge in [-0.2, -0.15) is 0 Å². The molecule has 2 rings (SSSR count). The minimum Gasteiger partial charge on any atom is -0.348 e. The number of amides is 1. The van der Waals surface area contributed by atoms with Gasteiger partial charge in [-0.3, -0.25) is 4.79 Å². The molecule has 0 radical (unpaired) electrons. The van der Waals surface area contributed by atoms with Gasteiger partial charge in [0, 0.05) is 17.5 Å². The van der Waals surface area contributed by atoms with Crippen LogP contribution in [0.1, 0.15) is 58.2 Å². The first-order valence-corrected chi connectivity index (χ1v) is 7.23. The van der Waals surface area contributed by atoms with Crippen LogP contribution in [0.3, 0.4) is 0 Å². The highest BCUT2D eigenvalue weighted by Crippen LogP contribution is 2.30. The normalized spacial score (nSPS) is 14.8. The van der Waals surface area contributed by atoms with E-state index in [0.717, 1.165) is 12.0 Å². The van der Waals surface area contributed by atoms with Crippen molar-refractivity contribution in [2.45, 2.75) is 58.9 Å². The van der Waals surface area contributed by atoms with Gasteiger partial charge in [0.2, 0.25) is 5.91 Å². The molecule has 0 heterocycles. The Labute approximate surface area is 122 Å². The number of rotatable bonds is 1. The van der Waals surface area contributed by atoms with Crippen LogP contribution in [0.15, 0.2) is 23.8 Å². The van der Waals surface area contributed by atoms with Crippen molar-refractivity contribution in [3.8, 4) is 0 Å². The van der Waals surface area contributed by atoms with Gasteiger partial charge in [0.05, 0.1) is 0 Å². The summed E-state index contributed by atoms with van der Waals surface area (Å²) in [6.45, 7) is 12.6. The second kappa shape index (κ2) is 4.76. The maximum atomic E-state index is 12.2. The SMILES string of the molecule is CC(C)(C)NC(=O)C1=Cc2cc(C(C)(C)C)ccc2C1. The predicted octanol–water partition coefficient (Wildman–Crippen LogP) is 3.84. The summed E-state index contributed by atoms with van der Waals surface area (Å²) < 4.78 is 0. The molecule has 1 amide bonds. The lowest BCUT2D eigenvalue weighted by molar-refractivity contribution is -0.118. The number of carbonyl (C=O) groups excluding carboxylic acids is 1. The van der Waals surface area contributed by atoms with Crippen LogP contribution >= 0.6 is 0 Å². The number of hydrogen-bond donors (Lipinski definition) is 1. The number of fused-ring (bicyclic) bond motifs is 1. The lowest BCUT2D eigenvalue weighted by Gasteiger charge is -2.20. The summed E-state index contributed by atoms with van der Waals surface area (Å²) >= 11 is 0. The molecule has 0 atom stereocenters. The van der Waals surface area contributed by atoms with Gasteiger partial charge < -0.3 is 5.32 Å². The van der Waals surface area contributed by atoms with Crippen molar-refractivity contribution in [3.05, 3.63) is 40.5 Å². The zero-order valence-electron chi connectivity index (χ0n) is 13.4. The molecule has 0 saturated carbocycles. The van der Waals surface area contributed by atoms with Crippen LogP contribution < -0.4 is 5.32 Å². The molecule has 20 heavy (non-hydrogen) atoms. The molecule has 108 valence electrons. The zero-order valence-corrected chi connectivity index (χ0v) is 13.4. The Morgan fingerprint density at radius 3 is 2.30 bits per heavy atom. The van der Waals surface area contributed by atoms with Crippen molar-refractivity contribution in [2.75, 3.05) is 0 Å². The molecule has 0 saturated heterocycles. The van der Waals surface area contributed by atoms with Gasteiger partial charge >= 0.3 is 0 Å². The average molecular weight is 271 g/mol. The minimum atomic E-state index is -0.191. The van der Waals surface area contributed by atoms with E-state index in [1.807, 2.05) is 26.8 Å². The smallest absolute Gasteiger partial charge is 0.247 e. The molecule has 1 aromatic rings. The van der Waals surface area contributed by atoms with E-state index < -0.39 is 0 Å². The second-order valence-corrected chi connectivity index (χ2v) is 7.71. The Morgan fingerprint density at radius 2 is 1.75 bits per heavy atom. The Bertz CT molecular complexity index is 568. The average Bonchev–Trinajstić information content (AvgIpc) is 2.67. The fourth-order valence-electron chi connectivity index (χ4n) is 2.37. The molecular formula is C18H25NO. The first kappa shape index (κ1) is 14.8. The molecule has 0 bridgehead atoms. The van der Waals surface area contributed by atoms with Gasteiger partial charge in [0.15, 0.2) is 0 Å². The van der Waals surface area contributed by atoms with Crippen molar-refractivity contribution in [2.24, 2.45) is 0 Å². The van der Waals surface area contributed by atoms with Crippen LogP contribution in [0, 0.1) is 0 Å². The molecular weight excluding hydrogens is 246 g/mol. The summed E-state index contributed by atoms with van der Waals surface area (Å²) in [5, 5.41) is 3.03. The Hall–Kier alpha value is -1.57. The highest BCUT2D eigenvalue weighted by Gasteiger charge is 2.23. The summed E-state index contributed by atoms with van der Waals surface area (Å²) in [5.41, 5.74) is 4.56. The number of nitrogens with one attached hydrogen (secondary N) is 1. The van der Waals surface area contributed by atoms with Crippen molar-refractivity contribution in [1.29, 1.82) is 0 Å². The highest BCUT2D eigenvalue weighted by atomic mass is 16.1. The fourth-order valence-corrected chi connectivity index (χ4v) is 2.37. The number of hydrogen-bond acceptors (Lipinski definition) is 1. The van der Waals surface area contributed by atoms with Crippen LogP contribution in [0.4, 0.5) is 0 Å². The van der Waals surface area contributed by atoms with E-state index in [1.54, 1.807) is 0 Å². The zero-order chi connectivity index (χ0) is 15.1. The summed E-state index contributed by atoms with van der Waals surface area (Å²) in [5.74, 6) is 0.0472. The maximum absolute atomic E-state index is 12.2. The second-order valence-electron chi connectivity index (χ2n) is 7.71. The third-order valence-electron chi connectivity index (χ3n) is 3.50. The summed E-state index contributed by atoms with van der Waals surface area (Å²) in [6, 6.07) is 6.55. The van der Waals surface area contributed by atoms with E-state index in [4.69, 9.17) is 0 Å². The lowest BCUT2D eigenvalue weighted by Crippen LogP contribution is -2.41. The molecule has 0 unspecified atom stereocenters. The third-order valence-corrected chi connectivity index (χ3v) is 3.50. The first-order chi connectivity index (χ1) is 9.06. The molecule has 1 aliphatic rings. The van der Waals surface area contributed by atoms with Gasteiger partial charge in [-0.1, -0.05) is 39.0 Å². The Morgan fingerprint density at radius 1 is 1.10 bits per heavy atom. The van der Waals surface area contributed by atoms with E-state index in [0.29, 0.717) is 0 Å². The molecule has 2 heteroatoms. The largest absolute Gasteiger partial charge is 0.348 e. The van der Waals surface area contributed by atoms with Crippen molar-refractivity contribution < 1.29 is 4.79 Å². The van der Waals surface area contributed by atoms with Crippen molar-refractivity contribution >= 4 is 12.0 Å². The third kappa shape index (κ3) is 3.30. The van der Waals surface area contributed by atoms with Crippen molar-refractivity contribution in [3.63, 3.8) is 0 Å². The predicted molar refractivity (Wildman–Crippen MR) is 84.7 cm³/mol. The van der Waals surface area contributed by atoms with Gasteiger partial charge in [0.25, 0.3) is 0 Å². The lowest BCUT2D eigenvalue weighted by atomic mass is 9.85. The molecule has 0 aliphatic heterocycles. The molecule has 0 aromatic heterocycles. The Balaban J connectivity index is 2.24. The Kier molecular flexibility index (Phi) is 3.53. The van der Waals surface area contributed by atoms with Crippen LogP contribution in [-0.4, -0.2) is 11.4 Å².